The average Bonchev–Trinajstić information content (AvgIpc) is 3.38. The van der Waals surface area contributed by atoms with E-state index in [1.54, 1.807) is 41.8 Å². The molecule has 3 N–H and O–H groups in total. The number of ether oxygens (including phenoxy) is 1. The number of thiophene rings is 1. The molecule has 176 valence electrons. The van der Waals surface area contributed by atoms with Crippen LogP contribution in [-0.2, 0) is 20.9 Å². The van der Waals surface area contributed by atoms with E-state index in [2.05, 4.69) is 16.0 Å². The normalized spacial score (nSPS) is 10.3. The van der Waals surface area contributed by atoms with Crippen molar-refractivity contribution in [2.75, 3.05) is 18.5 Å². The lowest BCUT2D eigenvalue weighted by Gasteiger charge is -2.12. The Morgan fingerprint density at radius 2 is 1.65 bits per heavy atom. The summed E-state index contributed by atoms with van der Waals surface area (Å²) in [5.74, 6) is -1.80. The van der Waals surface area contributed by atoms with Crippen molar-refractivity contribution >= 4 is 40.7 Å². The predicted molar refractivity (Wildman–Crippen MR) is 130 cm³/mol. The zero-order valence-electron chi connectivity index (χ0n) is 18.6. The summed E-state index contributed by atoms with van der Waals surface area (Å²) in [6.45, 7) is 1.93. The maximum Gasteiger partial charge on any atom is 0.308 e. The molecule has 0 unspecified atom stereocenters. The second-order valence-electron chi connectivity index (χ2n) is 7.41. The highest BCUT2D eigenvalue weighted by atomic mass is 32.1. The van der Waals surface area contributed by atoms with Crippen LogP contribution in [0, 0.1) is 6.92 Å². The fourth-order valence-corrected chi connectivity index (χ4v) is 3.59. The van der Waals surface area contributed by atoms with Crippen LogP contribution >= 0.6 is 11.3 Å². The third-order valence-corrected chi connectivity index (χ3v) is 5.61. The van der Waals surface area contributed by atoms with Gasteiger partial charge in [-0.1, -0.05) is 48.0 Å². The molecule has 3 aromatic rings. The number of amides is 3. The quantitative estimate of drug-likeness (QED) is 0.386. The number of nitrogens with one attached hydrogen (secondary N) is 3. The second kappa shape index (κ2) is 12.3. The van der Waals surface area contributed by atoms with Gasteiger partial charge in [-0.05, 0) is 36.1 Å². The molecular formula is C25H25N3O5S. The van der Waals surface area contributed by atoms with Gasteiger partial charge in [0.2, 0.25) is 0 Å². The van der Waals surface area contributed by atoms with E-state index < -0.39 is 18.5 Å². The minimum absolute atomic E-state index is 0.0671. The molecule has 1 heterocycles. The fourth-order valence-electron chi connectivity index (χ4n) is 2.95. The molecule has 9 heteroatoms. The number of rotatable bonds is 10. The summed E-state index contributed by atoms with van der Waals surface area (Å²) in [6.07, 6.45) is -0.0671. The molecule has 0 atom stereocenters. The van der Waals surface area contributed by atoms with Crippen molar-refractivity contribution in [2.24, 2.45) is 0 Å². The van der Waals surface area contributed by atoms with E-state index in [-0.39, 0.29) is 24.8 Å². The number of carbonyl (C=O) groups excluding carboxylic acids is 4. The maximum atomic E-state index is 12.6. The van der Waals surface area contributed by atoms with Crippen LogP contribution in [0.5, 0.6) is 0 Å². The first-order valence-corrected chi connectivity index (χ1v) is 11.5. The maximum absolute atomic E-state index is 12.6. The van der Waals surface area contributed by atoms with Crippen molar-refractivity contribution in [2.45, 2.75) is 19.9 Å². The number of para-hydroxylation sites is 1. The largest absolute Gasteiger partial charge is 0.456 e. The molecule has 0 aliphatic rings. The van der Waals surface area contributed by atoms with Crippen molar-refractivity contribution in [1.82, 2.24) is 10.6 Å². The van der Waals surface area contributed by atoms with Crippen LogP contribution in [0.1, 0.15) is 37.6 Å². The summed E-state index contributed by atoms with van der Waals surface area (Å²) in [7, 11) is 0. The smallest absolute Gasteiger partial charge is 0.308 e. The van der Waals surface area contributed by atoms with E-state index in [9.17, 15) is 19.2 Å². The summed E-state index contributed by atoms with van der Waals surface area (Å²) in [4.78, 5) is 49.1. The number of aryl methyl sites for hydroxylation is 1. The first kappa shape index (κ1) is 24.7. The Bertz CT molecular complexity index is 1140. The lowest BCUT2D eigenvalue weighted by atomic mass is 10.1. The Hall–Kier alpha value is -3.98. The van der Waals surface area contributed by atoms with Gasteiger partial charge >= 0.3 is 5.97 Å². The molecular weight excluding hydrogens is 454 g/mol. The van der Waals surface area contributed by atoms with E-state index >= 15 is 0 Å². The van der Waals surface area contributed by atoms with Crippen LogP contribution in [-0.4, -0.2) is 36.8 Å². The molecule has 0 bridgehead atoms. The zero-order chi connectivity index (χ0) is 24.3. The van der Waals surface area contributed by atoms with Crippen molar-refractivity contribution in [3.05, 3.63) is 87.6 Å². The number of hydrogen-bond donors (Lipinski definition) is 3. The topological polar surface area (TPSA) is 114 Å². The molecule has 34 heavy (non-hydrogen) atoms. The summed E-state index contributed by atoms with van der Waals surface area (Å²) in [5.41, 5.74) is 2.70. The van der Waals surface area contributed by atoms with Crippen molar-refractivity contribution in [3.63, 3.8) is 0 Å². The van der Waals surface area contributed by atoms with Gasteiger partial charge in [0.05, 0.1) is 22.5 Å². The molecule has 0 aliphatic carbocycles. The average molecular weight is 480 g/mol. The van der Waals surface area contributed by atoms with E-state index in [0.29, 0.717) is 22.7 Å². The Labute approximate surface area is 201 Å². The van der Waals surface area contributed by atoms with Crippen LogP contribution in [0.4, 0.5) is 5.69 Å². The number of esters is 1. The van der Waals surface area contributed by atoms with Gasteiger partial charge < -0.3 is 20.7 Å². The zero-order valence-corrected chi connectivity index (χ0v) is 19.4. The summed E-state index contributed by atoms with van der Waals surface area (Å²) in [6, 6.07) is 17.8. The number of anilines is 1. The van der Waals surface area contributed by atoms with Gasteiger partial charge in [0, 0.05) is 13.1 Å². The highest BCUT2D eigenvalue weighted by Gasteiger charge is 2.15. The highest BCUT2D eigenvalue weighted by molar-refractivity contribution is 7.12. The third-order valence-electron chi connectivity index (χ3n) is 4.74. The van der Waals surface area contributed by atoms with Crippen LogP contribution < -0.4 is 16.0 Å². The molecule has 8 nitrogen and oxygen atoms in total. The Kier molecular flexibility index (Phi) is 8.93. The van der Waals surface area contributed by atoms with Crippen LogP contribution in [0.2, 0.25) is 0 Å². The number of hydrogen-bond acceptors (Lipinski definition) is 6. The third kappa shape index (κ3) is 7.56. The molecule has 0 spiro atoms. The fraction of sp³-hybridized carbons (Fsp3) is 0.200. The lowest BCUT2D eigenvalue weighted by Crippen LogP contribution is -2.28. The molecule has 3 rings (SSSR count). The SMILES string of the molecule is Cc1ccc(CNC(=O)c2ccccc2NC(=O)COC(=O)CCNC(=O)c2cccs2)cc1. The lowest BCUT2D eigenvalue weighted by molar-refractivity contribution is -0.147. The van der Waals surface area contributed by atoms with Crippen molar-refractivity contribution in [3.8, 4) is 0 Å². The Balaban J connectivity index is 1.43. The number of carbonyl (C=O) groups is 4. The molecule has 2 aromatic carbocycles. The van der Waals surface area contributed by atoms with Gasteiger partial charge in [-0.2, -0.15) is 0 Å². The standard InChI is InChI=1S/C25H25N3O5S/c1-17-8-10-18(11-9-17)15-27-24(31)19-5-2-3-6-20(19)28-22(29)16-33-23(30)12-13-26-25(32)21-7-4-14-34-21/h2-11,14H,12-13,15-16H2,1H3,(H,26,32)(H,27,31)(H,28,29). The van der Waals surface area contributed by atoms with Gasteiger partial charge in [-0.15, -0.1) is 11.3 Å². The van der Waals surface area contributed by atoms with E-state index in [4.69, 9.17) is 4.74 Å². The Morgan fingerprint density at radius 1 is 0.882 bits per heavy atom. The monoisotopic (exact) mass is 479 g/mol. The first-order chi connectivity index (χ1) is 16.4. The van der Waals surface area contributed by atoms with Gasteiger partial charge in [0.15, 0.2) is 6.61 Å². The van der Waals surface area contributed by atoms with Crippen LogP contribution in [0.15, 0.2) is 66.0 Å². The molecule has 0 saturated carbocycles. The van der Waals surface area contributed by atoms with Crippen LogP contribution in [0.3, 0.4) is 0 Å². The van der Waals surface area contributed by atoms with Crippen LogP contribution in [0.25, 0.3) is 0 Å². The molecule has 0 radical (unpaired) electrons. The van der Waals surface area contributed by atoms with Gasteiger partial charge in [-0.3, -0.25) is 19.2 Å². The van der Waals surface area contributed by atoms with Crippen molar-refractivity contribution < 1.29 is 23.9 Å². The molecule has 0 aliphatic heterocycles. The minimum Gasteiger partial charge on any atom is -0.456 e. The van der Waals surface area contributed by atoms with Gasteiger partial charge in [0.25, 0.3) is 17.7 Å². The molecule has 0 saturated heterocycles. The summed E-state index contributed by atoms with van der Waals surface area (Å²) < 4.78 is 4.96. The minimum atomic E-state index is -0.620. The van der Waals surface area contributed by atoms with E-state index in [1.165, 1.54) is 11.3 Å². The molecule has 0 fully saturated rings. The van der Waals surface area contributed by atoms with Crippen molar-refractivity contribution in [1.29, 1.82) is 0 Å². The van der Waals surface area contributed by atoms with E-state index in [1.807, 2.05) is 31.2 Å². The molecule has 1 aromatic heterocycles. The van der Waals surface area contributed by atoms with E-state index in [0.717, 1.165) is 11.1 Å². The summed E-state index contributed by atoms with van der Waals surface area (Å²) in [5, 5.41) is 9.83. The van der Waals surface area contributed by atoms with Gasteiger partial charge in [0.1, 0.15) is 0 Å². The van der Waals surface area contributed by atoms with Gasteiger partial charge in [-0.25, -0.2) is 0 Å². The Morgan fingerprint density at radius 3 is 2.38 bits per heavy atom. The number of benzene rings is 2. The second-order valence-corrected chi connectivity index (χ2v) is 8.35. The summed E-state index contributed by atoms with van der Waals surface area (Å²) >= 11 is 1.30. The predicted octanol–water partition coefficient (Wildman–Crippen LogP) is 3.29. The molecule has 3 amide bonds. The highest BCUT2D eigenvalue weighted by Crippen LogP contribution is 2.15. The first-order valence-electron chi connectivity index (χ1n) is 10.6.